The third-order valence-electron chi connectivity index (χ3n) is 5.50. The number of imide groups is 1. The monoisotopic (exact) mass is 393 g/mol. The van der Waals surface area contributed by atoms with Crippen molar-refractivity contribution in [3.8, 4) is 11.5 Å². The topological polar surface area (TPSA) is 79.4 Å². The van der Waals surface area contributed by atoms with Gasteiger partial charge in [0.2, 0.25) is 6.79 Å². The molecular weight excluding hydrogens is 374 g/mol. The Kier molecular flexibility index (Phi) is 4.12. The maximum absolute atomic E-state index is 13.0. The first-order valence-corrected chi connectivity index (χ1v) is 9.46. The van der Waals surface area contributed by atoms with E-state index in [2.05, 4.69) is 0 Å². The number of rotatable bonds is 3. The van der Waals surface area contributed by atoms with Crippen LogP contribution in [-0.4, -0.2) is 65.0 Å². The summed E-state index contributed by atoms with van der Waals surface area (Å²) in [5.74, 6) is 0.696. The number of ether oxygens (including phenoxy) is 2. The fourth-order valence-electron chi connectivity index (χ4n) is 3.96. The predicted molar refractivity (Wildman–Crippen MR) is 101 cm³/mol. The van der Waals surface area contributed by atoms with Crippen LogP contribution in [0.5, 0.6) is 11.5 Å². The molecule has 1 atom stereocenters. The van der Waals surface area contributed by atoms with Crippen molar-refractivity contribution in [3.05, 3.63) is 59.7 Å². The lowest BCUT2D eigenvalue weighted by atomic mass is 10.1. The molecule has 0 radical (unpaired) electrons. The van der Waals surface area contributed by atoms with Gasteiger partial charge in [0.25, 0.3) is 11.8 Å². The van der Waals surface area contributed by atoms with Crippen LogP contribution < -0.4 is 9.47 Å². The number of urea groups is 1. The molecule has 2 fully saturated rings. The summed E-state index contributed by atoms with van der Waals surface area (Å²) < 4.78 is 10.6. The number of fused-ring (bicyclic) bond motifs is 2. The van der Waals surface area contributed by atoms with E-state index in [0.29, 0.717) is 30.2 Å². The Labute approximate surface area is 167 Å². The van der Waals surface area contributed by atoms with Crippen LogP contribution in [0.4, 0.5) is 4.79 Å². The number of benzene rings is 2. The maximum atomic E-state index is 13.0. The van der Waals surface area contributed by atoms with Crippen LogP contribution in [0.3, 0.4) is 0 Å². The summed E-state index contributed by atoms with van der Waals surface area (Å²) >= 11 is 0. The number of piperazine rings is 1. The van der Waals surface area contributed by atoms with Crippen LogP contribution >= 0.6 is 0 Å². The standard InChI is InChI=1S/C21H19N3O5/c25-19(15-6-7-17-18(10-15)29-13-28-17)22-8-9-23-16(12-22)20(26)24(21(23)27)11-14-4-2-1-3-5-14/h1-7,10,16H,8-9,11-13H2/t16-/m1/s1. The van der Waals surface area contributed by atoms with E-state index in [-0.39, 0.29) is 37.7 Å². The van der Waals surface area contributed by atoms with E-state index in [1.165, 1.54) is 4.90 Å². The number of hydrogen-bond donors (Lipinski definition) is 0. The third-order valence-corrected chi connectivity index (χ3v) is 5.50. The lowest BCUT2D eigenvalue weighted by Crippen LogP contribution is -2.54. The van der Waals surface area contributed by atoms with Crippen LogP contribution in [0.25, 0.3) is 0 Å². The van der Waals surface area contributed by atoms with Gasteiger partial charge in [-0.2, -0.15) is 0 Å². The highest BCUT2D eigenvalue weighted by atomic mass is 16.7. The Bertz CT molecular complexity index is 993. The SMILES string of the molecule is O=C(c1ccc2c(c1)OCO2)N1CCN2C(=O)N(Cc3ccccc3)C(=O)[C@H]2C1. The Morgan fingerprint density at radius 3 is 2.62 bits per heavy atom. The highest BCUT2D eigenvalue weighted by Crippen LogP contribution is 2.33. The van der Waals surface area contributed by atoms with Crippen LogP contribution in [0.1, 0.15) is 15.9 Å². The molecule has 4 amide bonds. The van der Waals surface area contributed by atoms with Gasteiger partial charge in [-0.3, -0.25) is 14.5 Å². The van der Waals surface area contributed by atoms with Gasteiger partial charge in [0.15, 0.2) is 11.5 Å². The summed E-state index contributed by atoms with van der Waals surface area (Å²) in [6.07, 6.45) is 0. The Hall–Kier alpha value is -3.55. The summed E-state index contributed by atoms with van der Waals surface area (Å²) in [4.78, 5) is 43.0. The molecule has 2 saturated heterocycles. The number of nitrogens with zero attached hydrogens (tertiary/aromatic N) is 3. The van der Waals surface area contributed by atoms with Crippen molar-refractivity contribution < 1.29 is 23.9 Å². The lowest BCUT2D eigenvalue weighted by molar-refractivity contribution is -0.129. The van der Waals surface area contributed by atoms with Gasteiger partial charge >= 0.3 is 6.03 Å². The van der Waals surface area contributed by atoms with Crippen LogP contribution in [0.2, 0.25) is 0 Å². The Morgan fingerprint density at radius 2 is 1.79 bits per heavy atom. The van der Waals surface area contributed by atoms with Crippen molar-refractivity contribution in [3.63, 3.8) is 0 Å². The maximum Gasteiger partial charge on any atom is 0.327 e. The Balaban J connectivity index is 1.32. The average molecular weight is 393 g/mol. The molecule has 0 aliphatic carbocycles. The van der Waals surface area contributed by atoms with Crippen molar-refractivity contribution in [1.82, 2.24) is 14.7 Å². The van der Waals surface area contributed by atoms with Crippen molar-refractivity contribution in [2.24, 2.45) is 0 Å². The minimum absolute atomic E-state index is 0.140. The molecule has 2 aromatic carbocycles. The summed E-state index contributed by atoms with van der Waals surface area (Å²) in [5.41, 5.74) is 1.36. The van der Waals surface area contributed by atoms with Gasteiger partial charge in [0.1, 0.15) is 6.04 Å². The fourth-order valence-corrected chi connectivity index (χ4v) is 3.96. The van der Waals surface area contributed by atoms with Gasteiger partial charge in [-0.15, -0.1) is 0 Å². The molecule has 2 aromatic rings. The molecule has 148 valence electrons. The van der Waals surface area contributed by atoms with Crippen LogP contribution in [0.15, 0.2) is 48.5 Å². The van der Waals surface area contributed by atoms with Gasteiger partial charge in [-0.25, -0.2) is 4.79 Å². The number of carbonyl (C=O) groups excluding carboxylic acids is 3. The molecule has 0 aromatic heterocycles. The molecule has 0 bridgehead atoms. The van der Waals surface area contributed by atoms with E-state index < -0.39 is 6.04 Å². The zero-order valence-corrected chi connectivity index (χ0v) is 15.6. The first-order valence-electron chi connectivity index (χ1n) is 9.46. The lowest BCUT2D eigenvalue weighted by Gasteiger charge is -2.35. The van der Waals surface area contributed by atoms with Crippen LogP contribution in [-0.2, 0) is 11.3 Å². The first kappa shape index (κ1) is 17.5. The number of carbonyl (C=O) groups is 3. The molecule has 29 heavy (non-hydrogen) atoms. The van der Waals surface area contributed by atoms with Crippen molar-refractivity contribution in [2.45, 2.75) is 12.6 Å². The van der Waals surface area contributed by atoms with Gasteiger partial charge in [0, 0.05) is 18.7 Å². The Morgan fingerprint density at radius 1 is 1.00 bits per heavy atom. The normalized spacial score (nSPS) is 20.3. The van der Waals surface area contributed by atoms with Gasteiger partial charge in [-0.1, -0.05) is 30.3 Å². The van der Waals surface area contributed by atoms with Gasteiger partial charge < -0.3 is 19.3 Å². The molecule has 0 N–H and O–H groups in total. The summed E-state index contributed by atoms with van der Waals surface area (Å²) in [5, 5.41) is 0. The highest BCUT2D eigenvalue weighted by molar-refractivity contribution is 6.05. The van der Waals surface area contributed by atoms with E-state index in [1.54, 1.807) is 28.0 Å². The highest BCUT2D eigenvalue weighted by Gasteiger charge is 2.48. The summed E-state index contributed by atoms with van der Waals surface area (Å²) in [7, 11) is 0. The number of hydrogen-bond acceptors (Lipinski definition) is 5. The molecule has 0 unspecified atom stereocenters. The van der Waals surface area contributed by atoms with E-state index in [4.69, 9.17) is 9.47 Å². The molecule has 3 aliphatic rings. The average Bonchev–Trinajstić information content (AvgIpc) is 3.32. The van der Waals surface area contributed by atoms with Crippen LogP contribution in [0, 0.1) is 0 Å². The van der Waals surface area contributed by atoms with Crippen molar-refractivity contribution >= 4 is 17.8 Å². The van der Waals surface area contributed by atoms with E-state index in [0.717, 1.165) is 5.56 Å². The smallest absolute Gasteiger partial charge is 0.327 e. The minimum Gasteiger partial charge on any atom is -0.454 e. The molecule has 0 spiro atoms. The van der Waals surface area contributed by atoms with E-state index in [9.17, 15) is 14.4 Å². The quantitative estimate of drug-likeness (QED) is 0.742. The molecule has 8 heteroatoms. The molecule has 3 heterocycles. The van der Waals surface area contributed by atoms with Crippen molar-refractivity contribution in [1.29, 1.82) is 0 Å². The van der Waals surface area contributed by atoms with E-state index in [1.807, 2.05) is 30.3 Å². The summed E-state index contributed by atoms with van der Waals surface area (Å²) in [6.45, 7) is 1.27. The van der Waals surface area contributed by atoms with Gasteiger partial charge in [-0.05, 0) is 23.8 Å². The zero-order chi connectivity index (χ0) is 20.0. The minimum atomic E-state index is -0.641. The molecule has 8 nitrogen and oxygen atoms in total. The zero-order valence-electron chi connectivity index (χ0n) is 15.6. The number of amides is 4. The fraction of sp³-hybridized carbons (Fsp3) is 0.286. The van der Waals surface area contributed by atoms with E-state index >= 15 is 0 Å². The largest absolute Gasteiger partial charge is 0.454 e. The van der Waals surface area contributed by atoms with Gasteiger partial charge in [0.05, 0.1) is 13.1 Å². The molecule has 0 saturated carbocycles. The predicted octanol–water partition coefficient (Wildman–Crippen LogP) is 1.70. The molecule has 3 aliphatic heterocycles. The molecule has 5 rings (SSSR count). The first-order chi connectivity index (χ1) is 14.1. The molecular formula is C21H19N3O5. The second-order valence-electron chi connectivity index (χ2n) is 7.22. The second kappa shape index (κ2) is 6.80. The van der Waals surface area contributed by atoms with Crippen molar-refractivity contribution in [2.75, 3.05) is 26.4 Å². The second-order valence-corrected chi connectivity index (χ2v) is 7.22. The third kappa shape index (κ3) is 2.97. The summed E-state index contributed by atoms with van der Waals surface area (Å²) in [6, 6.07) is 13.5.